The van der Waals surface area contributed by atoms with Gasteiger partial charge in [0, 0.05) is 21.8 Å². The highest BCUT2D eigenvalue weighted by Gasteiger charge is 2.10. The highest BCUT2D eigenvalue weighted by molar-refractivity contribution is 9.10. The van der Waals surface area contributed by atoms with Gasteiger partial charge in [0.1, 0.15) is 11.2 Å². The number of halogens is 1. The molecule has 1 aromatic heterocycles. The molecule has 0 atom stereocenters. The van der Waals surface area contributed by atoms with E-state index in [1.165, 1.54) is 0 Å². The lowest BCUT2D eigenvalue weighted by Crippen LogP contribution is -2.12. The molecule has 4 aromatic rings. The largest absolute Gasteiger partial charge is 0.456 e. The average Bonchev–Trinajstić information content (AvgIpc) is 2.62. The Bertz CT molecular complexity index is 1160. The van der Waals surface area contributed by atoms with Gasteiger partial charge in [0.15, 0.2) is 0 Å². The van der Waals surface area contributed by atoms with Crippen molar-refractivity contribution in [1.82, 2.24) is 0 Å². The second kappa shape index (κ2) is 6.18. The van der Waals surface area contributed by atoms with Crippen LogP contribution in [0.3, 0.4) is 0 Å². The Balaban J connectivity index is 1.73. The number of nitrogens with one attached hydrogen (secondary N) is 1. The second-order valence-corrected chi connectivity index (χ2v) is 6.51. The van der Waals surface area contributed by atoms with Crippen molar-refractivity contribution in [3.8, 4) is 0 Å². The van der Waals surface area contributed by atoms with Crippen LogP contribution in [-0.2, 0) is 0 Å². The first-order valence-corrected chi connectivity index (χ1v) is 8.44. The van der Waals surface area contributed by atoms with Gasteiger partial charge < -0.3 is 9.73 Å². The molecule has 0 aliphatic heterocycles. The first-order valence-electron chi connectivity index (χ1n) is 7.64. The monoisotopic (exact) mass is 393 g/mol. The van der Waals surface area contributed by atoms with Gasteiger partial charge >= 0.3 is 0 Å². The van der Waals surface area contributed by atoms with E-state index < -0.39 is 0 Å². The van der Waals surface area contributed by atoms with Crippen LogP contribution in [0, 0.1) is 0 Å². The fourth-order valence-electron chi connectivity index (χ4n) is 2.68. The summed E-state index contributed by atoms with van der Waals surface area (Å²) < 4.78 is 6.72. The summed E-state index contributed by atoms with van der Waals surface area (Å²) in [4.78, 5) is 24.8. The number of carbonyl (C=O) groups excluding carboxylic acids is 1. The van der Waals surface area contributed by atoms with E-state index in [-0.39, 0.29) is 11.3 Å². The maximum absolute atomic E-state index is 12.5. The molecule has 5 heteroatoms. The summed E-state index contributed by atoms with van der Waals surface area (Å²) in [5, 5.41) is 3.85. The van der Waals surface area contributed by atoms with E-state index in [1.807, 2.05) is 6.07 Å². The predicted molar refractivity (Wildman–Crippen MR) is 102 cm³/mol. The molecular formula is C20H12BrNO3. The van der Waals surface area contributed by atoms with Crippen molar-refractivity contribution in [3.05, 3.63) is 87.0 Å². The van der Waals surface area contributed by atoms with Crippen LogP contribution < -0.4 is 10.7 Å². The van der Waals surface area contributed by atoms with Gasteiger partial charge in [-0.3, -0.25) is 9.59 Å². The molecule has 0 bridgehead atoms. The van der Waals surface area contributed by atoms with Crippen LogP contribution in [0.2, 0.25) is 0 Å². The smallest absolute Gasteiger partial charge is 0.255 e. The molecule has 0 fully saturated rings. The lowest BCUT2D eigenvalue weighted by atomic mass is 10.1. The quantitative estimate of drug-likeness (QED) is 0.489. The van der Waals surface area contributed by atoms with Gasteiger partial charge in [0.2, 0.25) is 5.43 Å². The molecule has 4 rings (SSSR count). The molecule has 122 valence electrons. The molecule has 0 saturated carbocycles. The van der Waals surface area contributed by atoms with Crippen LogP contribution in [0.15, 0.2) is 80.4 Å². The molecule has 0 saturated heterocycles. The summed E-state index contributed by atoms with van der Waals surface area (Å²) in [5.74, 6) is -0.227. The first kappa shape index (κ1) is 15.6. The molecule has 3 aromatic carbocycles. The molecule has 0 spiro atoms. The number of carbonyl (C=O) groups is 1. The van der Waals surface area contributed by atoms with Crippen molar-refractivity contribution in [2.24, 2.45) is 0 Å². The molecule has 0 radical (unpaired) electrons. The van der Waals surface area contributed by atoms with Crippen molar-refractivity contribution in [2.45, 2.75) is 0 Å². The number of benzene rings is 3. The summed E-state index contributed by atoms with van der Waals surface area (Å²) in [6.45, 7) is 0. The molecule has 0 unspecified atom stereocenters. The van der Waals surface area contributed by atoms with Gasteiger partial charge in [-0.25, -0.2) is 0 Å². The van der Waals surface area contributed by atoms with Gasteiger partial charge in [-0.15, -0.1) is 0 Å². The van der Waals surface area contributed by atoms with E-state index in [9.17, 15) is 9.59 Å². The van der Waals surface area contributed by atoms with Crippen LogP contribution in [0.25, 0.3) is 21.9 Å². The van der Waals surface area contributed by atoms with Crippen LogP contribution in [-0.4, -0.2) is 5.91 Å². The molecular weight excluding hydrogens is 382 g/mol. The Morgan fingerprint density at radius 2 is 1.60 bits per heavy atom. The molecule has 1 amide bonds. The highest BCUT2D eigenvalue weighted by atomic mass is 79.9. The van der Waals surface area contributed by atoms with Crippen LogP contribution >= 0.6 is 15.9 Å². The van der Waals surface area contributed by atoms with E-state index in [2.05, 4.69) is 21.2 Å². The lowest BCUT2D eigenvalue weighted by molar-refractivity contribution is 0.102. The predicted octanol–water partition coefficient (Wildman–Crippen LogP) is 4.96. The number of hydrogen-bond donors (Lipinski definition) is 1. The van der Waals surface area contributed by atoms with E-state index in [4.69, 9.17) is 4.42 Å². The fourth-order valence-corrected chi connectivity index (χ4v) is 2.95. The number of hydrogen-bond acceptors (Lipinski definition) is 3. The number of anilines is 1. The third-order valence-electron chi connectivity index (χ3n) is 3.94. The maximum atomic E-state index is 12.5. The van der Waals surface area contributed by atoms with Crippen molar-refractivity contribution >= 4 is 49.5 Å². The Morgan fingerprint density at radius 1 is 0.880 bits per heavy atom. The zero-order chi connectivity index (χ0) is 17.4. The summed E-state index contributed by atoms with van der Waals surface area (Å²) in [6, 6.07) is 19.2. The van der Waals surface area contributed by atoms with Crippen molar-refractivity contribution in [2.75, 3.05) is 5.32 Å². The summed E-state index contributed by atoms with van der Waals surface area (Å²) in [5.41, 5.74) is 2.00. The summed E-state index contributed by atoms with van der Waals surface area (Å²) in [7, 11) is 0. The molecule has 0 aliphatic carbocycles. The van der Waals surface area contributed by atoms with Gasteiger partial charge in [-0.05, 0) is 48.5 Å². The minimum atomic E-state index is -0.227. The summed E-state index contributed by atoms with van der Waals surface area (Å²) in [6.07, 6.45) is 0. The topological polar surface area (TPSA) is 59.3 Å². The third kappa shape index (κ3) is 2.94. The minimum absolute atomic E-state index is 0.0809. The Morgan fingerprint density at radius 3 is 2.40 bits per heavy atom. The maximum Gasteiger partial charge on any atom is 0.255 e. The third-order valence-corrected chi connectivity index (χ3v) is 4.47. The van der Waals surface area contributed by atoms with Crippen LogP contribution in [0.4, 0.5) is 5.69 Å². The zero-order valence-corrected chi connectivity index (χ0v) is 14.5. The zero-order valence-electron chi connectivity index (χ0n) is 13.0. The Labute approximate surface area is 151 Å². The second-order valence-electron chi connectivity index (χ2n) is 5.60. The van der Waals surface area contributed by atoms with Gasteiger partial charge in [0.25, 0.3) is 5.91 Å². The summed E-state index contributed by atoms with van der Waals surface area (Å²) >= 11 is 3.34. The molecule has 0 aliphatic rings. The number of para-hydroxylation sites is 1. The van der Waals surface area contributed by atoms with E-state index in [0.29, 0.717) is 33.2 Å². The number of amides is 1. The highest BCUT2D eigenvalue weighted by Crippen LogP contribution is 2.22. The normalized spacial score (nSPS) is 10.9. The fraction of sp³-hybridized carbons (Fsp3) is 0. The molecule has 1 N–H and O–H groups in total. The first-order chi connectivity index (χ1) is 12.1. The van der Waals surface area contributed by atoms with Gasteiger partial charge in [0.05, 0.1) is 10.8 Å². The molecule has 1 heterocycles. The molecule has 25 heavy (non-hydrogen) atoms. The number of rotatable bonds is 2. The number of fused-ring (bicyclic) bond motifs is 2. The van der Waals surface area contributed by atoms with Crippen LogP contribution in [0.5, 0.6) is 0 Å². The van der Waals surface area contributed by atoms with Crippen molar-refractivity contribution < 1.29 is 9.21 Å². The lowest BCUT2D eigenvalue weighted by Gasteiger charge is -2.07. The van der Waals surface area contributed by atoms with Crippen LogP contribution in [0.1, 0.15) is 10.4 Å². The SMILES string of the molecule is O=C(Nc1ccc2c(=O)c3ccccc3oc2c1)c1ccc(Br)cc1. The standard InChI is InChI=1S/C20H12BrNO3/c21-13-7-5-12(6-8-13)20(24)22-14-9-10-16-18(11-14)25-17-4-2-1-3-15(17)19(16)23/h1-11H,(H,22,24). The average molecular weight is 394 g/mol. The minimum Gasteiger partial charge on any atom is -0.456 e. The van der Waals surface area contributed by atoms with Gasteiger partial charge in [-0.1, -0.05) is 28.1 Å². The van der Waals surface area contributed by atoms with E-state index >= 15 is 0 Å². The Kier molecular flexibility index (Phi) is 3.86. The Hall–Kier alpha value is -2.92. The van der Waals surface area contributed by atoms with Gasteiger partial charge in [-0.2, -0.15) is 0 Å². The van der Waals surface area contributed by atoms with Crippen molar-refractivity contribution in [3.63, 3.8) is 0 Å². The van der Waals surface area contributed by atoms with E-state index in [1.54, 1.807) is 60.7 Å². The van der Waals surface area contributed by atoms with Crippen molar-refractivity contribution in [1.29, 1.82) is 0 Å². The van der Waals surface area contributed by atoms with E-state index in [0.717, 1.165) is 4.47 Å². The molecule has 4 nitrogen and oxygen atoms in total.